The van der Waals surface area contributed by atoms with Crippen LogP contribution in [0.1, 0.15) is 40.9 Å². The smallest absolute Gasteiger partial charge is 0.343 e. The summed E-state index contributed by atoms with van der Waals surface area (Å²) in [4.78, 5) is 26.3. The van der Waals surface area contributed by atoms with Crippen molar-refractivity contribution in [1.82, 2.24) is 14.7 Å². The highest BCUT2D eigenvalue weighted by atomic mass is 35.5. The molecule has 1 aromatic heterocycles. The van der Waals surface area contributed by atoms with Crippen molar-refractivity contribution in [3.05, 3.63) is 51.3 Å². The summed E-state index contributed by atoms with van der Waals surface area (Å²) in [6, 6.07) is 7.35. The van der Waals surface area contributed by atoms with Crippen LogP contribution in [0.5, 0.6) is 0 Å². The number of benzene rings is 1. The molecule has 8 heteroatoms. The second-order valence-corrected chi connectivity index (χ2v) is 7.28. The lowest BCUT2D eigenvalue weighted by Crippen LogP contribution is -2.38. The van der Waals surface area contributed by atoms with Crippen molar-refractivity contribution < 1.29 is 14.3 Å². The lowest BCUT2D eigenvalue weighted by Gasteiger charge is -2.26. The molecule has 1 saturated heterocycles. The molecule has 0 radical (unpaired) electrons. The fraction of sp³-hybridized carbons (Fsp3) is 0.421. The van der Waals surface area contributed by atoms with E-state index in [1.54, 1.807) is 17.9 Å². The quantitative estimate of drug-likeness (QED) is 0.705. The third kappa shape index (κ3) is 4.62. The van der Waals surface area contributed by atoms with Gasteiger partial charge in [-0.25, -0.2) is 9.48 Å². The maximum Gasteiger partial charge on any atom is 0.343 e. The number of amides is 1. The van der Waals surface area contributed by atoms with Gasteiger partial charge in [0.2, 0.25) is 0 Å². The van der Waals surface area contributed by atoms with Crippen LogP contribution in [0.4, 0.5) is 0 Å². The first-order valence-electron chi connectivity index (χ1n) is 8.88. The molecule has 1 aliphatic rings. The number of rotatable bonds is 5. The molecule has 0 unspecified atom stereocenters. The average molecular weight is 410 g/mol. The first-order valence-corrected chi connectivity index (χ1v) is 9.64. The summed E-state index contributed by atoms with van der Waals surface area (Å²) in [5.74, 6) is -0.825. The Morgan fingerprint density at radius 1 is 1.15 bits per heavy atom. The van der Waals surface area contributed by atoms with Gasteiger partial charge >= 0.3 is 5.97 Å². The Labute approximate surface area is 168 Å². The van der Waals surface area contributed by atoms with Gasteiger partial charge in [-0.3, -0.25) is 4.79 Å². The second-order valence-electron chi connectivity index (χ2n) is 6.52. The van der Waals surface area contributed by atoms with Gasteiger partial charge in [0.15, 0.2) is 6.61 Å². The number of ether oxygens (including phenoxy) is 1. The van der Waals surface area contributed by atoms with Gasteiger partial charge in [-0.2, -0.15) is 5.10 Å². The maximum absolute atomic E-state index is 12.4. The number of nitrogens with zero attached hydrogens (tertiary/aromatic N) is 3. The first-order chi connectivity index (χ1) is 13.0. The minimum Gasteiger partial charge on any atom is -0.452 e. The van der Waals surface area contributed by atoms with Crippen molar-refractivity contribution >= 4 is 35.1 Å². The minimum absolute atomic E-state index is 0.169. The van der Waals surface area contributed by atoms with Gasteiger partial charge in [0.05, 0.1) is 12.2 Å². The van der Waals surface area contributed by atoms with E-state index in [9.17, 15) is 9.59 Å². The molecule has 2 aromatic rings. The average Bonchev–Trinajstić information content (AvgIpc) is 2.95. The van der Waals surface area contributed by atoms with Gasteiger partial charge < -0.3 is 9.64 Å². The number of carbonyl (C=O) groups is 2. The third-order valence-electron chi connectivity index (χ3n) is 4.58. The summed E-state index contributed by atoms with van der Waals surface area (Å²) >= 11 is 12.5. The van der Waals surface area contributed by atoms with Crippen LogP contribution in [0.3, 0.4) is 0 Å². The van der Waals surface area contributed by atoms with Crippen LogP contribution in [0.2, 0.25) is 10.2 Å². The number of aromatic nitrogens is 2. The van der Waals surface area contributed by atoms with E-state index in [0.717, 1.165) is 24.8 Å². The second kappa shape index (κ2) is 8.76. The number of aryl methyl sites for hydroxylation is 1. The summed E-state index contributed by atoms with van der Waals surface area (Å²) < 4.78 is 6.70. The zero-order valence-corrected chi connectivity index (χ0v) is 16.6. The van der Waals surface area contributed by atoms with Gasteiger partial charge in [-0.05, 0) is 37.8 Å². The van der Waals surface area contributed by atoms with E-state index in [0.29, 0.717) is 30.4 Å². The molecule has 27 heavy (non-hydrogen) atoms. The van der Waals surface area contributed by atoms with Gasteiger partial charge in [0.25, 0.3) is 5.91 Å². The molecule has 0 atom stereocenters. The normalized spacial score (nSPS) is 14.3. The van der Waals surface area contributed by atoms with E-state index in [1.165, 1.54) is 4.68 Å². The number of hydrogen-bond acceptors (Lipinski definition) is 4. The molecular formula is C19H21Cl2N3O3. The van der Waals surface area contributed by atoms with E-state index in [4.69, 9.17) is 27.9 Å². The molecule has 0 saturated carbocycles. The lowest BCUT2D eigenvalue weighted by atomic mass is 10.1. The number of likely N-dealkylation sites (tertiary alicyclic amines) is 1. The highest BCUT2D eigenvalue weighted by Crippen LogP contribution is 2.24. The Bertz CT molecular complexity index is 845. The highest BCUT2D eigenvalue weighted by Gasteiger charge is 2.24. The van der Waals surface area contributed by atoms with Crippen LogP contribution in [-0.2, 0) is 16.1 Å². The monoisotopic (exact) mass is 409 g/mol. The van der Waals surface area contributed by atoms with E-state index < -0.39 is 5.97 Å². The van der Waals surface area contributed by atoms with Gasteiger partial charge in [-0.1, -0.05) is 41.4 Å². The van der Waals surface area contributed by atoms with Gasteiger partial charge in [0, 0.05) is 18.1 Å². The van der Waals surface area contributed by atoms with Crippen LogP contribution >= 0.6 is 23.2 Å². The van der Waals surface area contributed by atoms with E-state index in [1.807, 2.05) is 18.2 Å². The Morgan fingerprint density at radius 2 is 1.85 bits per heavy atom. The Kier molecular flexibility index (Phi) is 6.39. The lowest BCUT2D eigenvalue weighted by molar-refractivity contribution is -0.135. The van der Waals surface area contributed by atoms with Crippen molar-refractivity contribution in [2.75, 3.05) is 19.7 Å². The zero-order valence-electron chi connectivity index (χ0n) is 15.1. The summed E-state index contributed by atoms with van der Waals surface area (Å²) in [5, 5.41) is 5.08. The summed E-state index contributed by atoms with van der Waals surface area (Å²) in [6.45, 7) is 3.15. The molecule has 1 fully saturated rings. The van der Waals surface area contributed by atoms with E-state index in [-0.39, 0.29) is 23.2 Å². The van der Waals surface area contributed by atoms with Gasteiger partial charge in [-0.15, -0.1) is 0 Å². The van der Waals surface area contributed by atoms with Crippen molar-refractivity contribution in [1.29, 1.82) is 0 Å². The number of piperidine rings is 1. The minimum atomic E-state index is -0.645. The van der Waals surface area contributed by atoms with Crippen molar-refractivity contribution in [2.45, 2.75) is 32.7 Å². The topological polar surface area (TPSA) is 64.4 Å². The van der Waals surface area contributed by atoms with E-state index >= 15 is 0 Å². The number of carbonyl (C=O) groups excluding carboxylic acids is 2. The van der Waals surface area contributed by atoms with E-state index in [2.05, 4.69) is 5.10 Å². The Balaban J connectivity index is 1.67. The van der Waals surface area contributed by atoms with Crippen LogP contribution < -0.4 is 0 Å². The van der Waals surface area contributed by atoms with Crippen molar-refractivity contribution in [3.8, 4) is 0 Å². The van der Waals surface area contributed by atoms with Crippen LogP contribution in [0, 0.1) is 6.92 Å². The Morgan fingerprint density at radius 3 is 2.56 bits per heavy atom. The maximum atomic E-state index is 12.4. The molecule has 2 heterocycles. The highest BCUT2D eigenvalue weighted by molar-refractivity contribution is 6.33. The number of halogens is 2. The molecule has 1 aromatic carbocycles. The van der Waals surface area contributed by atoms with Crippen LogP contribution in [0.25, 0.3) is 0 Å². The molecule has 0 bridgehead atoms. The summed E-state index contributed by atoms with van der Waals surface area (Å²) in [5.41, 5.74) is 1.46. The SMILES string of the molecule is Cc1nn(Cc2ccccc2Cl)c(Cl)c1C(=O)OCC(=O)N1CCCCC1. The summed E-state index contributed by atoms with van der Waals surface area (Å²) in [7, 11) is 0. The largest absolute Gasteiger partial charge is 0.452 e. The van der Waals surface area contributed by atoms with Crippen molar-refractivity contribution in [3.63, 3.8) is 0 Å². The predicted octanol–water partition coefficient (Wildman–Crippen LogP) is 3.72. The molecule has 0 N–H and O–H groups in total. The third-order valence-corrected chi connectivity index (χ3v) is 5.34. The number of hydrogen-bond donors (Lipinski definition) is 0. The zero-order chi connectivity index (χ0) is 19.4. The van der Waals surface area contributed by atoms with Crippen LogP contribution in [0.15, 0.2) is 24.3 Å². The molecule has 144 valence electrons. The molecule has 6 nitrogen and oxygen atoms in total. The number of esters is 1. The molecule has 3 rings (SSSR count). The molecular weight excluding hydrogens is 389 g/mol. The fourth-order valence-corrected chi connectivity index (χ4v) is 3.62. The first kappa shape index (κ1) is 19.7. The predicted molar refractivity (Wildman–Crippen MR) is 103 cm³/mol. The molecule has 1 aliphatic heterocycles. The molecule has 0 spiro atoms. The van der Waals surface area contributed by atoms with Gasteiger partial charge in [0.1, 0.15) is 10.7 Å². The summed E-state index contributed by atoms with van der Waals surface area (Å²) in [6.07, 6.45) is 3.10. The standard InChI is InChI=1S/C19H21Cl2N3O3/c1-13-17(19(26)27-12-16(25)23-9-5-2-6-10-23)18(21)24(22-13)11-14-7-3-4-8-15(14)20/h3-4,7-8H,2,5-6,9-12H2,1H3. The fourth-order valence-electron chi connectivity index (χ4n) is 3.11. The Hall–Kier alpha value is -2.05. The van der Waals surface area contributed by atoms with Crippen molar-refractivity contribution in [2.24, 2.45) is 0 Å². The van der Waals surface area contributed by atoms with Crippen LogP contribution in [-0.4, -0.2) is 46.3 Å². The molecule has 1 amide bonds. The molecule has 0 aliphatic carbocycles.